The fraction of sp³-hybridized carbons (Fsp3) is 0.562. The fourth-order valence-electron chi connectivity index (χ4n) is 3.52. The number of benzene rings is 1. The van der Waals surface area contributed by atoms with E-state index in [-0.39, 0.29) is 12.0 Å². The molecule has 1 fully saturated rings. The number of nitrogens with zero attached hydrogens (tertiary/aromatic N) is 1. The summed E-state index contributed by atoms with van der Waals surface area (Å²) in [7, 11) is -2.86. The number of fused-ring (bicyclic) bond motifs is 3. The molecule has 7 nitrogen and oxygen atoms in total. The standard InChI is InChI=1S/C16H21NO6S/c1-3-22-16-8-12-10(6-15(16)21-2)9-17-14-5-4-11(7-13(12)14)23-24(18,19)20/h6,8-9,11,13-14H,3-5,7H2,1-2H3,(H,18,19,20). The maximum atomic E-state index is 11.0. The number of hydrogen-bond donors (Lipinski definition) is 1. The molecule has 1 N–H and O–H groups in total. The molecule has 1 heterocycles. The Morgan fingerprint density at radius 2 is 2.08 bits per heavy atom. The third kappa shape index (κ3) is 3.55. The molecule has 8 heteroatoms. The lowest BCUT2D eigenvalue weighted by molar-refractivity contribution is 0.124. The van der Waals surface area contributed by atoms with Crippen LogP contribution >= 0.6 is 0 Å². The molecule has 3 atom stereocenters. The molecule has 0 saturated heterocycles. The first-order valence-electron chi connectivity index (χ1n) is 7.95. The minimum Gasteiger partial charge on any atom is -0.493 e. The van der Waals surface area contributed by atoms with Gasteiger partial charge in [-0.05, 0) is 49.4 Å². The van der Waals surface area contributed by atoms with Crippen LogP contribution in [-0.4, -0.2) is 45.0 Å². The topological polar surface area (TPSA) is 94.4 Å². The number of hydrogen-bond acceptors (Lipinski definition) is 6. The maximum absolute atomic E-state index is 11.0. The van der Waals surface area contributed by atoms with E-state index in [0.717, 1.165) is 11.1 Å². The molecule has 0 aromatic heterocycles. The number of ether oxygens (including phenoxy) is 2. The van der Waals surface area contributed by atoms with Crippen molar-refractivity contribution in [2.24, 2.45) is 4.99 Å². The van der Waals surface area contributed by atoms with Gasteiger partial charge in [0.15, 0.2) is 11.5 Å². The van der Waals surface area contributed by atoms with Crippen molar-refractivity contribution in [3.8, 4) is 11.5 Å². The van der Waals surface area contributed by atoms with Crippen molar-refractivity contribution in [1.82, 2.24) is 0 Å². The summed E-state index contributed by atoms with van der Waals surface area (Å²) in [5.74, 6) is 1.32. The molecular formula is C16H21NO6S. The van der Waals surface area contributed by atoms with Gasteiger partial charge in [-0.3, -0.25) is 9.55 Å². The summed E-state index contributed by atoms with van der Waals surface area (Å²) in [5, 5.41) is 0. The van der Waals surface area contributed by atoms with Crippen molar-refractivity contribution in [2.45, 2.75) is 44.2 Å². The number of methoxy groups -OCH3 is 1. The summed E-state index contributed by atoms with van der Waals surface area (Å²) in [4.78, 5) is 4.59. The van der Waals surface area contributed by atoms with Crippen molar-refractivity contribution < 1.29 is 26.6 Å². The number of aliphatic imine (C=N–C) groups is 1. The second kappa shape index (κ2) is 6.70. The quantitative estimate of drug-likeness (QED) is 0.815. The van der Waals surface area contributed by atoms with Gasteiger partial charge < -0.3 is 9.47 Å². The van der Waals surface area contributed by atoms with E-state index < -0.39 is 16.5 Å². The van der Waals surface area contributed by atoms with E-state index in [2.05, 4.69) is 4.99 Å². The normalized spacial score (nSPS) is 25.7. The van der Waals surface area contributed by atoms with E-state index in [1.807, 2.05) is 25.3 Å². The van der Waals surface area contributed by atoms with Gasteiger partial charge in [0, 0.05) is 12.1 Å². The van der Waals surface area contributed by atoms with Gasteiger partial charge in [0.25, 0.3) is 0 Å². The van der Waals surface area contributed by atoms with Gasteiger partial charge in [-0.1, -0.05) is 0 Å². The molecule has 24 heavy (non-hydrogen) atoms. The van der Waals surface area contributed by atoms with Crippen LogP contribution in [0.3, 0.4) is 0 Å². The van der Waals surface area contributed by atoms with Crippen LogP contribution in [0, 0.1) is 0 Å². The summed E-state index contributed by atoms with van der Waals surface area (Å²) in [6.07, 6.45) is 3.02. The van der Waals surface area contributed by atoms with E-state index in [4.69, 9.17) is 18.2 Å². The van der Waals surface area contributed by atoms with Gasteiger partial charge in [0.1, 0.15) is 0 Å². The van der Waals surface area contributed by atoms with Crippen LogP contribution in [0.15, 0.2) is 17.1 Å². The smallest absolute Gasteiger partial charge is 0.397 e. The first-order valence-corrected chi connectivity index (χ1v) is 9.31. The molecule has 2 aliphatic rings. The Kier molecular flexibility index (Phi) is 4.80. The van der Waals surface area contributed by atoms with Gasteiger partial charge in [-0.2, -0.15) is 8.42 Å². The zero-order chi connectivity index (χ0) is 17.3. The van der Waals surface area contributed by atoms with E-state index in [1.165, 1.54) is 0 Å². The van der Waals surface area contributed by atoms with Crippen LogP contribution in [0.1, 0.15) is 43.2 Å². The fourth-order valence-corrected chi connectivity index (χ4v) is 4.03. The Morgan fingerprint density at radius 1 is 1.29 bits per heavy atom. The highest BCUT2D eigenvalue weighted by Gasteiger charge is 2.37. The summed E-state index contributed by atoms with van der Waals surface area (Å²) in [6, 6.07) is 3.91. The van der Waals surface area contributed by atoms with Gasteiger partial charge in [0.2, 0.25) is 0 Å². The lowest BCUT2D eigenvalue weighted by atomic mass is 9.76. The predicted molar refractivity (Wildman–Crippen MR) is 88.6 cm³/mol. The molecule has 1 aromatic carbocycles. The molecule has 0 radical (unpaired) electrons. The zero-order valence-corrected chi connectivity index (χ0v) is 14.5. The minimum absolute atomic E-state index is 0.0237. The van der Waals surface area contributed by atoms with Crippen molar-refractivity contribution in [1.29, 1.82) is 0 Å². The molecule has 132 valence electrons. The van der Waals surface area contributed by atoms with Gasteiger partial charge in [0.05, 0.1) is 25.9 Å². The third-order valence-electron chi connectivity index (χ3n) is 4.50. The van der Waals surface area contributed by atoms with Crippen LogP contribution < -0.4 is 9.47 Å². The van der Waals surface area contributed by atoms with E-state index in [0.29, 0.717) is 37.4 Å². The average molecular weight is 355 g/mol. The zero-order valence-electron chi connectivity index (χ0n) is 13.6. The second-order valence-corrected chi connectivity index (χ2v) is 7.02. The highest BCUT2D eigenvalue weighted by Crippen LogP contribution is 2.43. The lowest BCUT2D eigenvalue weighted by Crippen LogP contribution is -2.34. The molecule has 0 amide bonds. The largest absolute Gasteiger partial charge is 0.493 e. The Morgan fingerprint density at radius 3 is 2.75 bits per heavy atom. The maximum Gasteiger partial charge on any atom is 0.397 e. The van der Waals surface area contributed by atoms with E-state index in [9.17, 15) is 8.42 Å². The molecule has 1 saturated carbocycles. The van der Waals surface area contributed by atoms with Crippen LogP contribution in [0.4, 0.5) is 0 Å². The van der Waals surface area contributed by atoms with Crippen molar-refractivity contribution in [2.75, 3.05) is 13.7 Å². The molecule has 1 aliphatic heterocycles. The minimum atomic E-state index is -4.45. The average Bonchev–Trinajstić information content (AvgIpc) is 2.53. The summed E-state index contributed by atoms with van der Waals surface area (Å²) < 4.78 is 46.7. The molecule has 1 aromatic rings. The van der Waals surface area contributed by atoms with Crippen LogP contribution in [-0.2, 0) is 14.6 Å². The van der Waals surface area contributed by atoms with Crippen LogP contribution in [0.25, 0.3) is 0 Å². The molecule has 3 unspecified atom stereocenters. The highest BCUT2D eigenvalue weighted by molar-refractivity contribution is 7.80. The predicted octanol–water partition coefficient (Wildman–Crippen LogP) is 2.35. The van der Waals surface area contributed by atoms with Gasteiger partial charge in [-0.15, -0.1) is 0 Å². The SMILES string of the molecule is CCOc1cc2c(cc1OC)C=NC1CCC(OS(=O)(=O)O)CC21. The summed E-state index contributed by atoms with van der Waals surface area (Å²) in [5.41, 5.74) is 1.98. The summed E-state index contributed by atoms with van der Waals surface area (Å²) >= 11 is 0. The monoisotopic (exact) mass is 355 g/mol. The third-order valence-corrected chi connectivity index (χ3v) is 5.01. The Labute approximate surface area is 141 Å². The first-order chi connectivity index (χ1) is 11.4. The first kappa shape index (κ1) is 17.2. The van der Waals surface area contributed by atoms with Crippen molar-refractivity contribution >= 4 is 16.6 Å². The van der Waals surface area contributed by atoms with Gasteiger partial charge in [-0.25, -0.2) is 4.18 Å². The van der Waals surface area contributed by atoms with Crippen molar-refractivity contribution in [3.63, 3.8) is 0 Å². The van der Waals surface area contributed by atoms with Crippen LogP contribution in [0.2, 0.25) is 0 Å². The van der Waals surface area contributed by atoms with Gasteiger partial charge >= 0.3 is 10.4 Å². The second-order valence-electron chi connectivity index (χ2n) is 5.98. The Bertz CT molecular complexity index is 745. The molecule has 1 aliphatic carbocycles. The Balaban J connectivity index is 1.92. The summed E-state index contributed by atoms with van der Waals surface area (Å²) in [6.45, 7) is 2.42. The Hall–Kier alpha value is -1.64. The van der Waals surface area contributed by atoms with E-state index in [1.54, 1.807) is 7.11 Å². The van der Waals surface area contributed by atoms with Crippen molar-refractivity contribution in [3.05, 3.63) is 23.3 Å². The molecule has 0 spiro atoms. The molecular weight excluding hydrogens is 334 g/mol. The molecule has 0 bridgehead atoms. The number of rotatable bonds is 5. The van der Waals surface area contributed by atoms with Crippen LogP contribution in [0.5, 0.6) is 11.5 Å². The lowest BCUT2D eigenvalue weighted by Gasteiger charge is -2.36. The molecule has 3 rings (SSSR count). The van der Waals surface area contributed by atoms with E-state index >= 15 is 0 Å². The highest BCUT2D eigenvalue weighted by atomic mass is 32.3.